The molecule has 0 atom stereocenters. The molecular formula is C17H15F2N5O2. The second kappa shape index (κ2) is 6.87. The minimum absolute atomic E-state index is 0.259. The Labute approximate surface area is 147 Å². The van der Waals surface area contributed by atoms with E-state index >= 15 is 0 Å². The second-order valence-electron chi connectivity index (χ2n) is 5.52. The Morgan fingerprint density at radius 1 is 1.08 bits per heavy atom. The number of hydrogen-bond donors (Lipinski definition) is 0. The van der Waals surface area contributed by atoms with Crippen LogP contribution in [0.3, 0.4) is 0 Å². The number of benzene rings is 2. The van der Waals surface area contributed by atoms with Crippen LogP contribution in [0.4, 0.5) is 19.3 Å². The smallest absolute Gasteiger partial charge is 0.293 e. The monoisotopic (exact) mass is 359 g/mol. The number of aryl methyl sites for hydroxylation is 1. The van der Waals surface area contributed by atoms with E-state index in [1.807, 2.05) is 19.1 Å². The third kappa shape index (κ3) is 2.99. The van der Waals surface area contributed by atoms with E-state index in [9.17, 15) is 18.4 Å². The lowest BCUT2D eigenvalue weighted by Crippen LogP contribution is -2.41. The van der Waals surface area contributed by atoms with Gasteiger partial charge in [-0.05, 0) is 48.5 Å². The van der Waals surface area contributed by atoms with Gasteiger partial charge in [0.25, 0.3) is 0 Å². The zero-order valence-corrected chi connectivity index (χ0v) is 14.1. The number of hydrogen-bond acceptors (Lipinski definition) is 4. The molecule has 1 heterocycles. The molecule has 0 aliphatic heterocycles. The Morgan fingerprint density at radius 2 is 1.69 bits per heavy atom. The van der Waals surface area contributed by atoms with Gasteiger partial charge in [-0.15, -0.1) is 4.68 Å². The first-order chi connectivity index (χ1) is 12.4. The van der Waals surface area contributed by atoms with Crippen molar-refractivity contribution >= 4 is 11.7 Å². The minimum atomic E-state index is -1.07. The van der Waals surface area contributed by atoms with Crippen molar-refractivity contribution < 1.29 is 13.6 Å². The van der Waals surface area contributed by atoms with Gasteiger partial charge in [-0.1, -0.05) is 23.8 Å². The summed E-state index contributed by atoms with van der Waals surface area (Å²) in [4.78, 5) is 26.4. The lowest BCUT2D eigenvalue weighted by atomic mass is 10.2. The van der Waals surface area contributed by atoms with Crippen molar-refractivity contribution in [3.8, 4) is 5.69 Å². The van der Waals surface area contributed by atoms with Gasteiger partial charge in [0, 0.05) is 12.2 Å². The van der Waals surface area contributed by atoms with Gasteiger partial charge < -0.3 is 0 Å². The van der Waals surface area contributed by atoms with E-state index < -0.39 is 29.0 Å². The summed E-state index contributed by atoms with van der Waals surface area (Å²) in [5, 5.41) is 6.92. The molecular weight excluding hydrogens is 344 g/mol. The molecule has 0 saturated heterocycles. The SMILES string of the molecule is CCN(C(=O)n1nnn(-c2c(F)cccc2F)c1=O)c1ccc(C)cc1. The lowest BCUT2D eigenvalue weighted by Gasteiger charge is -2.19. The minimum Gasteiger partial charge on any atom is -0.293 e. The van der Waals surface area contributed by atoms with Crippen molar-refractivity contribution in [1.82, 2.24) is 19.8 Å². The number of anilines is 1. The van der Waals surface area contributed by atoms with Crippen LogP contribution in [0.5, 0.6) is 0 Å². The molecule has 0 fully saturated rings. The first-order valence-electron chi connectivity index (χ1n) is 7.82. The van der Waals surface area contributed by atoms with Gasteiger partial charge in [0.2, 0.25) is 0 Å². The Balaban J connectivity index is 2.02. The number of para-hydroxylation sites is 1. The van der Waals surface area contributed by atoms with E-state index in [0.717, 1.165) is 23.8 Å². The largest absolute Gasteiger partial charge is 0.377 e. The molecule has 7 nitrogen and oxygen atoms in total. The molecule has 1 aromatic heterocycles. The maximum Gasteiger partial charge on any atom is 0.377 e. The van der Waals surface area contributed by atoms with Gasteiger partial charge in [-0.25, -0.2) is 18.4 Å². The first-order valence-corrected chi connectivity index (χ1v) is 7.82. The highest BCUT2D eigenvalue weighted by atomic mass is 19.1. The molecule has 0 saturated carbocycles. The number of carbonyl (C=O) groups excluding carboxylic acids is 1. The Hall–Kier alpha value is -3.36. The average Bonchev–Trinajstić information content (AvgIpc) is 2.98. The molecule has 0 bridgehead atoms. The predicted molar refractivity (Wildman–Crippen MR) is 90.5 cm³/mol. The highest BCUT2D eigenvalue weighted by molar-refractivity contribution is 5.92. The van der Waals surface area contributed by atoms with E-state index in [1.165, 1.54) is 4.90 Å². The summed E-state index contributed by atoms with van der Waals surface area (Å²) in [6, 6.07) is 9.44. The van der Waals surface area contributed by atoms with Gasteiger partial charge in [-0.3, -0.25) is 4.90 Å². The molecule has 2 aromatic carbocycles. The van der Waals surface area contributed by atoms with Crippen LogP contribution in [0.1, 0.15) is 12.5 Å². The molecule has 1 amide bonds. The molecule has 9 heteroatoms. The fourth-order valence-corrected chi connectivity index (χ4v) is 2.47. The average molecular weight is 359 g/mol. The van der Waals surface area contributed by atoms with E-state index in [4.69, 9.17) is 0 Å². The maximum absolute atomic E-state index is 13.9. The number of nitrogens with zero attached hydrogens (tertiary/aromatic N) is 5. The van der Waals surface area contributed by atoms with Crippen molar-refractivity contribution in [1.29, 1.82) is 0 Å². The Bertz CT molecular complexity index is 990. The molecule has 26 heavy (non-hydrogen) atoms. The van der Waals surface area contributed by atoms with Crippen LogP contribution in [-0.4, -0.2) is 32.4 Å². The number of rotatable bonds is 3. The Morgan fingerprint density at radius 3 is 2.27 bits per heavy atom. The topological polar surface area (TPSA) is 73.0 Å². The van der Waals surface area contributed by atoms with Crippen molar-refractivity contribution in [3.05, 3.63) is 70.1 Å². The molecule has 3 aromatic rings. The van der Waals surface area contributed by atoms with Crippen LogP contribution < -0.4 is 10.6 Å². The summed E-state index contributed by atoms with van der Waals surface area (Å²) in [6.07, 6.45) is 0. The molecule has 0 aliphatic carbocycles. The lowest BCUT2D eigenvalue weighted by molar-refractivity contribution is 0.244. The van der Waals surface area contributed by atoms with E-state index in [0.29, 0.717) is 15.1 Å². The number of carbonyl (C=O) groups is 1. The summed E-state index contributed by atoms with van der Waals surface area (Å²) in [6.45, 7) is 3.89. The zero-order valence-electron chi connectivity index (χ0n) is 14.1. The zero-order chi connectivity index (χ0) is 18.8. The van der Waals surface area contributed by atoms with Crippen molar-refractivity contribution in [2.24, 2.45) is 0 Å². The quantitative estimate of drug-likeness (QED) is 0.674. The van der Waals surface area contributed by atoms with Crippen LogP contribution in [0, 0.1) is 18.6 Å². The number of aromatic nitrogens is 4. The van der Waals surface area contributed by atoms with Gasteiger partial charge in [0.1, 0.15) is 5.69 Å². The van der Waals surface area contributed by atoms with Gasteiger partial charge in [-0.2, -0.15) is 4.68 Å². The van der Waals surface area contributed by atoms with Crippen LogP contribution >= 0.6 is 0 Å². The Kier molecular flexibility index (Phi) is 4.61. The van der Waals surface area contributed by atoms with Crippen molar-refractivity contribution in [2.45, 2.75) is 13.8 Å². The maximum atomic E-state index is 13.9. The molecule has 134 valence electrons. The van der Waals surface area contributed by atoms with Crippen LogP contribution in [0.15, 0.2) is 47.3 Å². The fourth-order valence-electron chi connectivity index (χ4n) is 2.47. The summed E-state index contributed by atoms with van der Waals surface area (Å²) < 4.78 is 28.7. The predicted octanol–water partition coefficient (Wildman–Crippen LogP) is 2.51. The van der Waals surface area contributed by atoms with E-state index in [1.54, 1.807) is 19.1 Å². The van der Waals surface area contributed by atoms with Crippen LogP contribution in [0.25, 0.3) is 5.69 Å². The number of amides is 1. The highest BCUT2D eigenvalue weighted by Crippen LogP contribution is 2.16. The van der Waals surface area contributed by atoms with Crippen LogP contribution in [-0.2, 0) is 0 Å². The normalized spacial score (nSPS) is 10.8. The van der Waals surface area contributed by atoms with Gasteiger partial charge in [0.15, 0.2) is 11.6 Å². The third-order valence-corrected chi connectivity index (χ3v) is 3.80. The van der Waals surface area contributed by atoms with E-state index in [2.05, 4.69) is 10.4 Å². The summed E-state index contributed by atoms with van der Waals surface area (Å²) in [7, 11) is 0. The standard InChI is InChI=1S/C17H15F2N5O2/c1-3-22(12-9-7-11(2)8-10-12)16(25)24-17(26)23(20-21-24)15-13(18)5-4-6-14(15)19/h4-10H,3H2,1-2H3. The summed E-state index contributed by atoms with van der Waals surface area (Å²) >= 11 is 0. The molecule has 0 radical (unpaired) electrons. The molecule has 0 unspecified atom stereocenters. The number of tetrazole rings is 1. The summed E-state index contributed by atoms with van der Waals surface area (Å²) in [5.41, 5.74) is -0.184. The van der Waals surface area contributed by atoms with Gasteiger partial charge in [0.05, 0.1) is 0 Å². The first kappa shape index (κ1) is 17.5. The molecule has 0 aliphatic rings. The van der Waals surface area contributed by atoms with E-state index in [-0.39, 0.29) is 6.54 Å². The highest BCUT2D eigenvalue weighted by Gasteiger charge is 2.24. The van der Waals surface area contributed by atoms with Gasteiger partial charge >= 0.3 is 11.7 Å². The van der Waals surface area contributed by atoms with Crippen molar-refractivity contribution in [3.63, 3.8) is 0 Å². The van der Waals surface area contributed by atoms with Crippen molar-refractivity contribution in [2.75, 3.05) is 11.4 Å². The molecule has 0 N–H and O–H groups in total. The molecule has 0 spiro atoms. The van der Waals surface area contributed by atoms with Crippen LogP contribution in [0.2, 0.25) is 0 Å². The molecule has 3 rings (SSSR count). The fraction of sp³-hybridized carbons (Fsp3) is 0.176. The number of halogens is 2. The second-order valence-corrected chi connectivity index (χ2v) is 5.52. The third-order valence-electron chi connectivity index (χ3n) is 3.80. The summed E-state index contributed by atoms with van der Waals surface area (Å²) in [5.74, 6) is -1.98.